The number of aliphatic hydroxyl groups excluding tert-OH is 1. The van der Waals surface area contributed by atoms with Crippen molar-refractivity contribution in [1.29, 1.82) is 0 Å². The minimum atomic E-state index is 0.177. The summed E-state index contributed by atoms with van der Waals surface area (Å²) >= 11 is 0. The first kappa shape index (κ1) is 13.2. The fraction of sp³-hybridized carbons (Fsp3) is 0.118. The van der Waals surface area contributed by atoms with Gasteiger partial charge in [-0.2, -0.15) is 0 Å². The van der Waals surface area contributed by atoms with Gasteiger partial charge in [-0.3, -0.25) is 0 Å². The lowest BCUT2D eigenvalue weighted by Gasteiger charge is -2.03. The van der Waals surface area contributed by atoms with Gasteiger partial charge >= 0.3 is 0 Å². The third-order valence-electron chi connectivity index (χ3n) is 3.47. The third-order valence-corrected chi connectivity index (χ3v) is 3.47. The van der Waals surface area contributed by atoms with Crippen molar-refractivity contribution in [3.8, 4) is 5.75 Å². The number of para-hydroxylation sites is 2. The van der Waals surface area contributed by atoms with E-state index in [0.29, 0.717) is 5.82 Å². The fourth-order valence-electron chi connectivity index (χ4n) is 2.26. The van der Waals surface area contributed by atoms with Crippen molar-refractivity contribution >= 4 is 22.9 Å². The summed E-state index contributed by atoms with van der Waals surface area (Å²) in [5, 5.41) is 10.3. The van der Waals surface area contributed by atoms with Crippen LogP contribution in [0.2, 0.25) is 0 Å². The Morgan fingerprint density at radius 1 is 1.14 bits per heavy atom. The van der Waals surface area contributed by atoms with Crippen LogP contribution in [0.3, 0.4) is 0 Å². The van der Waals surface area contributed by atoms with Gasteiger partial charge in [-0.05, 0) is 36.4 Å². The zero-order valence-electron chi connectivity index (χ0n) is 11.9. The first-order valence-corrected chi connectivity index (χ1v) is 6.65. The highest BCUT2D eigenvalue weighted by Gasteiger charge is 2.07. The molecule has 21 heavy (non-hydrogen) atoms. The van der Waals surface area contributed by atoms with Gasteiger partial charge in [0, 0.05) is 18.7 Å². The van der Waals surface area contributed by atoms with Crippen LogP contribution in [-0.4, -0.2) is 21.8 Å². The summed E-state index contributed by atoms with van der Waals surface area (Å²) in [6, 6.07) is 15.1. The highest BCUT2D eigenvalue weighted by Crippen LogP contribution is 2.21. The lowest BCUT2D eigenvalue weighted by Crippen LogP contribution is -1.93. The van der Waals surface area contributed by atoms with Gasteiger partial charge in [0.15, 0.2) is 0 Å². The molecule has 0 unspecified atom stereocenters. The summed E-state index contributed by atoms with van der Waals surface area (Å²) in [6.07, 6.45) is 1.67. The van der Waals surface area contributed by atoms with E-state index >= 15 is 0 Å². The van der Waals surface area contributed by atoms with Crippen LogP contribution in [0.1, 0.15) is 11.4 Å². The average Bonchev–Trinajstić information content (AvgIpc) is 2.84. The Hall–Kier alpha value is -2.75. The molecule has 4 nitrogen and oxygen atoms in total. The molecule has 0 spiro atoms. The van der Waals surface area contributed by atoms with E-state index in [2.05, 4.69) is 4.98 Å². The third kappa shape index (κ3) is 2.48. The van der Waals surface area contributed by atoms with Gasteiger partial charge < -0.3 is 14.4 Å². The summed E-state index contributed by atoms with van der Waals surface area (Å²) < 4.78 is 7.06. The number of methoxy groups -OCH3 is 1. The number of aliphatic hydroxyl groups is 1. The number of fused-ring (bicyclic) bond motifs is 1. The molecule has 1 heterocycles. The largest absolute Gasteiger partial charge is 0.507 e. The van der Waals surface area contributed by atoms with E-state index in [-0.39, 0.29) is 5.76 Å². The second-order valence-electron chi connectivity index (χ2n) is 4.78. The summed E-state index contributed by atoms with van der Waals surface area (Å²) in [6.45, 7) is 0. The maximum absolute atomic E-state index is 10.3. The minimum absolute atomic E-state index is 0.177. The standard InChI is InChI=1S/C17H16N2O2/c1-19-15-6-4-3-5-14(15)18-17(19)11-16(20)12-7-9-13(21-2)10-8-12/h3-11,20H,1-2H3. The van der Waals surface area contributed by atoms with E-state index in [1.165, 1.54) is 0 Å². The predicted molar refractivity (Wildman–Crippen MR) is 84.2 cm³/mol. The van der Waals surface area contributed by atoms with Gasteiger partial charge in [0.1, 0.15) is 17.3 Å². The molecule has 0 saturated heterocycles. The van der Waals surface area contributed by atoms with Crippen molar-refractivity contribution < 1.29 is 9.84 Å². The van der Waals surface area contributed by atoms with Crippen LogP contribution < -0.4 is 4.74 Å². The van der Waals surface area contributed by atoms with Crippen molar-refractivity contribution in [2.24, 2.45) is 7.05 Å². The number of imidazole rings is 1. The normalized spacial score (nSPS) is 11.8. The zero-order chi connectivity index (χ0) is 14.8. The summed E-state index contributed by atoms with van der Waals surface area (Å²) in [4.78, 5) is 4.51. The number of ether oxygens (including phenoxy) is 1. The molecule has 1 N–H and O–H groups in total. The van der Waals surface area contributed by atoms with Gasteiger partial charge in [-0.1, -0.05) is 12.1 Å². The van der Waals surface area contributed by atoms with E-state index in [1.807, 2.05) is 60.1 Å². The Labute approximate surface area is 122 Å². The van der Waals surface area contributed by atoms with Gasteiger partial charge in [0.05, 0.1) is 18.1 Å². The Bertz CT molecular complexity index is 801. The molecule has 0 fully saturated rings. The molecule has 4 heteroatoms. The molecule has 0 aliphatic carbocycles. The van der Waals surface area contributed by atoms with Crippen LogP contribution in [0.25, 0.3) is 22.9 Å². The Morgan fingerprint density at radius 3 is 2.52 bits per heavy atom. The Morgan fingerprint density at radius 2 is 1.86 bits per heavy atom. The summed E-state index contributed by atoms with van der Waals surface area (Å²) in [7, 11) is 3.55. The van der Waals surface area contributed by atoms with Crippen LogP contribution in [0, 0.1) is 0 Å². The van der Waals surface area contributed by atoms with E-state index in [1.54, 1.807) is 13.2 Å². The van der Waals surface area contributed by atoms with Crippen LogP contribution in [-0.2, 0) is 7.05 Å². The number of aromatic nitrogens is 2. The van der Waals surface area contributed by atoms with Crippen LogP contribution in [0.15, 0.2) is 48.5 Å². The lowest BCUT2D eigenvalue weighted by molar-refractivity contribution is 0.414. The molecule has 0 aliphatic rings. The number of nitrogens with zero attached hydrogens (tertiary/aromatic N) is 2. The molecular formula is C17H16N2O2. The Kier molecular flexibility index (Phi) is 3.36. The second kappa shape index (κ2) is 5.32. The average molecular weight is 280 g/mol. The summed E-state index contributed by atoms with van der Waals surface area (Å²) in [5.41, 5.74) is 2.67. The van der Waals surface area contributed by atoms with E-state index in [0.717, 1.165) is 22.3 Å². The molecule has 0 radical (unpaired) electrons. The van der Waals surface area contributed by atoms with Crippen LogP contribution in [0.4, 0.5) is 0 Å². The highest BCUT2D eigenvalue weighted by atomic mass is 16.5. The molecule has 0 bridgehead atoms. The van der Waals surface area contributed by atoms with Crippen molar-refractivity contribution in [2.45, 2.75) is 0 Å². The zero-order valence-corrected chi connectivity index (χ0v) is 11.9. The Balaban J connectivity index is 2.00. The number of aryl methyl sites for hydroxylation is 1. The molecule has 3 aromatic rings. The maximum atomic E-state index is 10.3. The van der Waals surface area contributed by atoms with E-state index < -0.39 is 0 Å². The first-order chi connectivity index (χ1) is 10.2. The SMILES string of the molecule is COc1ccc(C(O)=Cc2nc3ccccc3n2C)cc1. The molecule has 0 aliphatic heterocycles. The number of benzene rings is 2. The van der Waals surface area contributed by atoms with Crippen molar-refractivity contribution in [3.05, 3.63) is 59.9 Å². The summed E-state index contributed by atoms with van der Waals surface area (Å²) in [5.74, 6) is 1.65. The maximum Gasteiger partial charge on any atom is 0.137 e. The van der Waals surface area contributed by atoms with Gasteiger partial charge in [-0.15, -0.1) is 0 Å². The number of rotatable bonds is 3. The molecule has 2 aromatic carbocycles. The van der Waals surface area contributed by atoms with Gasteiger partial charge in [-0.25, -0.2) is 4.98 Å². The van der Waals surface area contributed by atoms with Crippen LogP contribution in [0.5, 0.6) is 5.75 Å². The topological polar surface area (TPSA) is 47.3 Å². The van der Waals surface area contributed by atoms with E-state index in [9.17, 15) is 5.11 Å². The molecule has 3 rings (SSSR count). The van der Waals surface area contributed by atoms with E-state index in [4.69, 9.17) is 4.74 Å². The quantitative estimate of drug-likeness (QED) is 0.745. The molecule has 0 amide bonds. The van der Waals surface area contributed by atoms with Crippen molar-refractivity contribution in [1.82, 2.24) is 9.55 Å². The predicted octanol–water partition coefficient (Wildman–Crippen LogP) is 3.64. The van der Waals surface area contributed by atoms with Crippen molar-refractivity contribution in [2.75, 3.05) is 7.11 Å². The smallest absolute Gasteiger partial charge is 0.137 e. The fourth-order valence-corrected chi connectivity index (χ4v) is 2.26. The highest BCUT2D eigenvalue weighted by molar-refractivity contribution is 5.81. The molecular weight excluding hydrogens is 264 g/mol. The lowest BCUT2D eigenvalue weighted by atomic mass is 10.1. The van der Waals surface area contributed by atoms with Gasteiger partial charge in [0.2, 0.25) is 0 Å². The first-order valence-electron chi connectivity index (χ1n) is 6.65. The molecule has 1 aromatic heterocycles. The van der Waals surface area contributed by atoms with Gasteiger partial charge in [0.25, 0.3) is 0 Å². The monoisotopic (exact) mass is 280 g/mol. The number of hydrogen-bond donors (Lipinski definition) is 1. The van der Waals surface area contributed by atoms with Crippen molar-refractivity contribution in [3.63, 3.8) is 0 Å². The van der Waals surface area contributed by atoms with Crippen LogP contribution >= 0.6 is 0 Å². The number of hydrogen-bond acceptors (Lipinski definition) is 3. The second-order valence-corrected chi connectivity index (χ2v) is 4.78. The molecule has 106 valence electrons. The molecule has 0 saturated carbocycles. The molecule has 0 atom stereocenters. The minimum Gasteiger partial charge on any atom is -0.507 e.